The lowest BCUT2D eigenvalue weighted by molar-refractivity contribution is -0.132. The number of amides is 2. The van der Waals surface area contributed by atoms with Gasteiger partial charge in [0, 0.05) is 12.8 Å². The van der Waals surface area contributed by atoms with Gasteiger partial charge in [0.25, 0.3) is 0 Å². The molecule has 1 aliphatic heterocycles. The van der Waals surface area contributed by atoms with E-state index in [2.05, 4.69) is 20.9 Å². The third-order valence-corrected chi connectivity index (χ3v) is 3.13. The van der Waals surface area contributed by atoms with E-state index in [1.54, 1.807) is 18.2 Å². The molecule has 2 heterocycles. The topological polar surface area (TPSA) is 50.3 Å². The van der Waals surface area contributed by atoms with Gasteiger partial charge in [0.15, 0.2) is 0 Å². The maximum atomic E-state index is 12.0. The van der Waals surface area contributed by atoms with E-state index in [1.165, 1.54) is 4.90 Å². The van der Waals surface area contributed by atoms with Gasteiger partial charge in [-0.15, -0.1) is 0 Å². The fourth-order valence-electron chi connectivity index (χ4n) is 1.96. The van der Waals surface area contributed by atoms with Crippen LogP contribution < -0.4 is 4.90 Å². The summed E-state index contributed by atoms with van der Waals surface area (Å²) < 4.78 is 0.612. The number of anilines is 1. The Bertz CT molecular complexity index is 465. The Kier molecular flexibility index (Phi) is 3.03. The number of imide groups is 1. The van der Waals surface area contributed by atoms with Crippen molar-refractivity contribution in [1.29, 1.82) is 0 Å². The van der Waals surface area contributed by atoms with E-state index in [4.69, 9.17) is 0 Å². The first-order valence-electron chi connectivity index (χ1n) is 5.37. The average Bonchev–Trinajstić information content (AvgIpc) is 2.13. The summed E-state index contributed by atoms with van der Waals surface area (Å²) >= 11 is 3.23. The fraction of sp³-hybridized carbons (Fsp3) is 0.417. The smallest absolute Gasteiger partial charge is 0.235 e. The van der Waals surface area contributed by atoms with Crippen molar-refractivity contribution in [2.45, 2.75) is 26.7 Å². The van der Waals surface area contributed by atoms with Crippen LogP contribution in [0.5, 0.6) is 0 Å². The van der Waals surface area contributed by atoms with Gasteiger partial charge < -0.3 is 0 Å². The molecule has 0 aromatic carbocycles. The molecule has 1 fully saturated rings. The van der Waals surface area contributed by atoms with E-state index in [9.17, 15) is 9.59 Å². The minimum Gasteiger partial charge on any atom is -0.274 e. The molecular formula is C12H13BrN2O2. The lowest BCUT2D eigenvalue weighted by Crippen LogP contribution is -2.46. The van der Waals surface area contributed by atoms with Crippen molar-refractivity contribution < 1.29 is 9.59 Å². The minimum absolute atomic E-state index is 0.183. The number of hydrogen-bond acceptors (Lipinski definition) is 3. The van der Waals surface area contributed by atoms with E-state index >= 15 is 0 Å². The number of nitrogens with zero attached hydrogens (tertiary/aromatic N) is 2. The number of aromatic nitrogens is 1. The lowest BCUT2D eigenvalue weighted by Gasteiger charge is -2.34. The molecule has 0 aliphatic carbocycles. The van der Waals surface area contributed by atoms with Gasteiger partial charge in [0.1, 0.15) is 10.4 Å². The predicted molar refractivity (Wildman–Crippen MR) is 67.4 cm³/mol. The molecule has 4 nitrogen and oxygen atoms in total. The maximum absolute atomic E-state index is 12.0. The summed E-state index contributed by atoms with van der Waals surface area (Å²) in [6.07, 6.45) is 0.736. The summed E-state index contributed by atoms with van der Waals surface area (Å²) in [7, 11) is 0. The van der Waals surface area contributed by atoms with Crippen molar-refractivity contribution in [3.05, 3.63) is 22.8 Å². The highest BCUT2D eigenvalue weighted by Crippen LogP contribution is 2.33. The van der Waals surface area contributed by atoms with Gasteiger partial charge in [-0.1, -0.05) is 19.9 Å². The Balaban J connectivity index is 2.34. The van der Waals surface area contributed by atoms with E-state index < -0.39 is 0 Å². The van der Waals surface area contributed by atoms with Crippen LogP contribution >= 0.6 is 15.9 Å². The Morgan fingerprint density at radius 3 is 2.35 bits per heavy atom. The molecule has 0 spiro atoms. The second-order valence-electron chi connectivity index (χ2n) is 4.96. The summed E-state index contributed by atoms with van der Waals surface area (Å²) in [6.45, 7) is 3.85. The van der Waals surface area contributed by atoms with Gasteiger partial charge in [0.05, 0.1) is 0 Å². The number of hydrogen-bond donors (Lipinski definition) is 0. The summed E-state index contributed by atoms with van der Waals surface area (Å²) in [6, 6.07) is 5.18. The third-order valence-electron chi connectivity index (χ3n) is 2.69. The molecule has 17 heavy (non-hydrogen) atoms. The average molecular weight is 297 g/mol. The SMILES string of the molecule is CC1(C)CC(=O)N(c2cccc(Br)n2)C(=O)C1. The first-order chi connectivity index (χ1) is 7.89. The highest BCUT2D eigenvalue weighted by atomic mass is 79.9. The fourth-order valence-corrected chi connectivity index (χ4v) is 2.29. The first-order valence-corrected chi connectivity index (χ1v) is 6.17. The molecule has 5 heteroatoms. The van der Waals surface area contributed by atoms with Crippen LogP contribution in [-0.2, 0) is 9.59 Å². The first kappa shape index (κ1) is 12.2. The van der Waals surface area contributed by atoms with E-state index in [1.807, 2.05) is 13.8 Å². The van der Waals surface area contributed by atoms with Crippen LogP contribution in [0.2, 0.25) is 0 Å². The molecule has 0 saturated carbocycles. The van der Waals surface area contributed by atoms with Crippen LogP contribution in [0.3, 0.4) is 0 Å². The molecule has 2 rings (SSSR count). The van der Waals surface area contributed by atoms with Gasteiger partial charge in [-0.25, -0.2) is 9.88 Å². The quantitative estimate of drug-likeness (QED) is 0.591. The van der Waals surface area contributed by atoms with Gasteiger partial charge >= 0.3 is 0 Å². The van der Waals surface area contributed by atoms with Crippen LogP contribution in [0.25, 0.3) is 0 Å². The number of piperidine rings is 1. The van der Waals surface area contributed by atoms with Crippen molar-refractivity contribution in [3.8, 4) is 0 Å². The van der Waals surface area contributed by atoms with E-state index in [-0.39, 0.29) is 17.2 Å². The minimum atomic E-state index is -0.253. The molecule has 1 aromatic rings. The standard InChI is InChI=1S/C12H13BrN2O2/c1-12(2)6-10(16)15(11(17)7-12)9-5-3-4-8(13)14-9/h3-5H,6-7H2,1-2H3. The highest BCUT2D eigenvalue weighted by molar-refractivity contribution is 9.10. The molecular weight excluding hydrogens is 284 g/mol. The van der Waals surface area contributed by atoms with Crippen LogP contribution in [0, 0.1) is 5.41 Å². The zero-order chi connectivity index (χ0) is 12.6. The number of carbonyl (C=O) groups excluding carboxylic acids is 2. The van der Waals surface area contributed by atoms with Crippen LogP contribution in [-0.4, -0.2) is 16.8 Å². The van der Waals surface area contributed by atoms with Crippen molar-refractivity contribution in [2.75, 3.05) is 4.90 Å². The summed E-state index contributed by atoms with van der Waals surface area (Å²) in [4.78, 5) is 29.3. The zero-order valence-corrected chi connectivity index (χ0v) is 11.3. The molecule has 1 aliphatic rings. The zero-order valence-electron chi connectivity index (χ0n) is 9.74. The monoisotopic (exact) mass is 296 g/mol. The lowest BCUT2D eigenvalue weighted by atomic mass is 9.82. The molecule has 2 amide bonds. The van der Waals surface area contributed by atoms with Crippen LogP contribution in [0.15, 0.2) is 22.8 Å². The molecule has 1 aromatic heterocycles. The highest BCUT2D eigenvalue weighted by Gasteiger charge is 2.38. The predicted octanol–water partition coefficient (Wildman–Crippen LogP) is 2.52. The molecule has 0 bridgehead atoms. The van der Waals surface area contributed by atoms with E-state index in [0.717, 1.165) is 0 Å². The second-order valence-corrected chi connectivity index (χ2v) is 5.77. The van der Waals surface area contributed by atoms with Gasteiger partial charge in [0.2, 0.25) is 11.8 Å². The number of rotatable bonds is 1. The maximum Gasteiger partial charge on any atom is 0.235 e. The van der Waals surface area contributed by atoms with Gasteiger partial charge in [-0.2, -0.15) is 0 Å². The number of halogens is 1. The molecule has 0 N–H and O–H groups in total. The number of pyridine rings is 1. The molecule has 90 valence electrons. The summed E-state index contributed by atoms with van der Waals surface area (Å²) in [5.41, 5.74) is -0.253. The van der Waals surface area contributed by atoms with E-state index in [0.29, 0.717) is 23.3 Å². The summed E-state index contributed by atoms with van der Waals surface area (Å²) in [5, 5.41) is 0. The molecule has 0 radical (unpaired) electrons. The van der Waals surface area contributed by atoms with Gasteiger partial charge in [-0.3, -0.25) is 9.59 Å². The second kappa shape index (κ2) is 4.22. The Labute approximate surface area is 108 Å². The normalized spacial score (nSPS) is 19.6. The third kappa shape index (κ3) is 2.54. The molecule has 0 atom stereocenters. The van der Waals surface area contributed by atoms with Crippen LogP contribution in [0.1, 0.15) is 26.7 Å². The Morgan fingerprint density at radius 2 is 1.82 bits per heavy atom. The van der Waals surface area contributed by atoms with Crippen molar-refractivity contribution in [2.24, 2.45) is 5.41 Å². The van der Waals surface area contributed by atoms with Crippen molar-refractivity contribution in [1.82, 2.24) is 4.98 Å². The Hall–Kier alpha value is -1.23. The van der Waals surface area contributed by atoms with Crippen molar-refractivity contribution >= 4 is 33.6 Å². The Morgan fingerprint density at radius 1 is 1.24 bits per heavy atom. The molecule has 0 unspecified atom stereocenters. The molecule has 1 saturated heterocycles. The summed E-state index contributed by atoms with van der Waals surface area (Å²) in [5.74, 6) is 0.0265. The number of carbonyl (C=O) groups is 2. The van der Waals surface area contributed by atoms with Crippen LogP contribution in [0.4, 0.5) is 5.82 Å². The largest absolute Gasteiger partial charge is 0.274 e. The van der Waals surface area contributed by atoms with Gasteiger partial charge in [-0.05, 0) is 33.5 Å². The van der Waals surface area contributed by atoms with Crippen molar-refractivity contribution in [3.63, 3.8) is 0 Å².